The Hall–Kier alpha value is -2.46. The molecule has 1 amide bonds. The van der Waals surface area contributed by atoms with Gasteiger partial charge in [-0.3, -0.25) is 4.79 Å². The third kappa shape index (κ3) is 6.35. The summed E-state index contributed by atoms with van der Waals surface area (Å²) < 4.78 is 35.0. The Morgan fingerprint density at radius 3 is 2.29 bits per heavy atom. The van der Waals surface area contributed by atoms with Crippen molar-refractivity contribution < 1.29 is 22.4 Å². The summed E-state index contributed by atoms with van der Waals surface area (Å²) >= 11 is 18.5. The molecule has 3 rings (SSSR count). The van der Waals surface area contributed by atoms with Gasteiger partial charge in [0, 0.05) is 11.1 Å². The second-order valence-corrected chi connectivity index (χ2v) is 10.8. The van der Waals surface area contributed by atoms with Crippen LogP contribution in [0.5, 0.6) is 5.75 Å². The first-order valence-corrected chi connectivity index (χ1v) is 13.1. The first kappa shape index (κ1) is 26.2. The standard InChI is InChI=1S/C22H22Cl3N3O5S/c1-22(2,14-10-16(24)19(17(25)11-14)32-9-8-23)13-4-6-15(7-5-13)26-20(29)18-12-33-21(27-18)28-34(3,30)31/h4-7,10-12H,8-9H2,1-3H3,(H,26,29)(H,27,28). The van der Waals surface area contributed by atoms with Gasteiger partial charge in [-0.2, -0.15) is 4.98 Å². The Bertz CT molecular complexity index is 1270. The fraction of sp³-hybridized carbons (Fsp3) is 0.273. The Kier molecular flexibility index (Phi) is 8.02. The van der Waals surface area contributed by atoms with Gasteiger partial charge in [0.1, 0.15) is 12.9 Å². The van der Waals surface area contributed by atoms with Crippen molar-refractivity contribution in [3.8, 4) is 5.75 Å². The number of alkyl halides is 1. The number of amides is 1. The smallest absolute Gasteiger partial charge is 0.309 e. The number of carbonyl (C=O) groups excluding carboxylic acids is 1. The summed E-state index contributed by atoms with van der Waals surface area (Å²) in [6, 6.07) is 10.5. The minimum absolute atomic E-state index is 0.0729. The molecule has 0 atom stereocenters. The largest absolute Gasteiger partial charge is 0.489 e. The summed E-state index contributed by atoms with van der Waals surface area (Å²) in [4.78, 5) is 16.2. The van der Waals surface area contributed by atoms with Crippen molar-refractivity contribution in [2.75, 3.05) is 28.8 Å². The van der Waals surface area contributed by atoms with Crippen LogP contribution < -0.4 is 14.8 Å². The number of ether oxygens (including phenoxy) is 1. The third-order valence-electron chi connectivity index (χ3n) is 4.92. The van der Waals surface area contributed by atoms with Gasteiger partial charge in [0.2, 0.25) is 10.0 Å². The van der Waals surface area contributed by atoms with Crippen LogP contribution >= 0.6 is 34.8 Å². The van der Waals surface area contributed by atoms with E-state index >= 15 is 0 Å². The van der Waals surface area contributed by atoms with E-state index in [1.54, 1.807) is 24.3 Å². The van der Waals surface area contributed by atoms with Gasteiger partial charge in [-0.1, -0.05) is 49.2 Å². The molecule has 0 radical (unpaired) electrons. The maximum atomic E-state index is 12.4. The molecular formula is C22H22Cl3N3O5S. The lowest BCUT2D eigenvalue weighted by atomic mass is 9.78. The lowest BCUT2D eigenvalue weighted by molar-refractivity contribution is 0.102. The molecule has 8 nitrogen and oxygen atoms in total. The highest BCUT2D eigenvalue weighted by Gasteiger charge is 2.26. The molecule has 0 aliphatic carbocycles. The van der Waals surface area contributed by atoms with E-state index in [0.717, 1.165) is 23.6 Å². The van der Waals surface area contributed by atoms with Crippen molar-refractivity contribution in [2.45, 2.75) is 19.3 Å². The van der Waals surface area contributed by atoms with Crippen LogP contribution in [-0.4, -0.2) is 38.1 Å². The third-order valence-corrected chi connectivity index (χ3v) is 6.18. The summed E-state index contributed by atoms with van der Waals surface area (Å²) in [5.41, 5.74) is 1.82. The van der Waals surface area contributed by atoms with E-state index < -0.39 is 21.3 Å². The molecule has 0 saturated heterocycles. The summed E-state index contributed by atoms with van der Waals surface area (Å²) in [6.07, 6.45) is 2.01. The molecule has 0 fully saturated rings. The SMILES string of the molecule is CC(C)(c1ccc(NC(=O)c2coc(NS(C)(=O)=O)n2)cc1)c1cc(Cl)c(OCCCl)c(Cl)c1. The molecule has 0 aliphatic rings. The van der Waals surface area contributed by atoms with Gasteiger partial charge in [-0.05, 0) is 35.4 Å². The number of aromatic nitrogens is 1. The zero-order valence-corrected chi connectivity index (χ0v) is 21.6. The molecule has 34 heavy (non-hydrogen) atoms. The number of sulfonamides is 1. The van der Waals surface area contributed by atoms with Crippen LogP contribution in [-0.2, 0) is 15.4 Å². The Labute approximate surface area is 212 Å². The van der Waals surface area contributed by atoms with Crippen LogP contribution in [0.25, 0.3) is 0 Å². The zero-order chi connectivity index (χ0) is 25.1. The highest BCUT2D eigenvalue weighted by Crippen LogP contribution is 2.40. The second-order valence-electron chi connectivity index (χ2n) is 7.88. The first-order chi connectivity index (χ1) is 15.9. The number of nitrogens with one attached hydrogen (secondary N) is 2. The normalized spacial score (nSPS) is 11.8. The van der Waals surface area contributed by atoms with Crippen LogP contribution in [0, 0.1) is 0 Å². The van der Waals surface area contributed by atoms with E-state index in [1.807, 2.05) is 26.0 Å². The molecule has 0 spiro atoms. The van der Waals surface area contributed by atoms with E-state index in [-0.39, 0.29) is 11.7 Å². The number of nitrogens with zero attached hydrogens (tertiary/aromatic N) is 1. The fourth-order valence-corrected chi connectivity index (χ4v) is 4.20. The number of benzene rings is 2. The lowest BCUT2D eigenvalue weighted by Crippen LogP contribution is -2.19. The quantitative estimate of drug-likeness (QED) is 0.341. The van der Waals surface area contributed by atoms with Crippen LogP contribution in [0.3, 0.4) is 0 Å². The Morgan fingerprint density at radius 1 is 1.12 bits per heavy atom. The average Bonchev–Trinajstić information content (AvgIpc) is 3.20. The summed E-state index contributed by atoms with van der Waals surface area (Å²) in [5, 5.41) is 3.47. The number of hydrogen-bond acceptors (Lipinski definition) is 6. The van der Waals surface area contributed by atoms with Crippen LogP contribution in [0.15, 0.2) is 47.1 Å². The average molecular weight is 547 g/mol. The van der Waals surface area contributed by atoms with Gasteiger partial charge in [0.25, 0.3) is 5.91 Å². The highest BCUT2D eigenvalue weighted by molar-refractivity contribution is 7.91. The number of carbonyl (C=O) groups is 1. The molecule has 12 heteroatoms. The van der Waals surface area contributed by atoms with Gasteiger partial charge >= 0.3 is 6.01 Å². The van der Waals surface area contributed by atoms with E-state index in [1.165, 1.54) is 0 Å². The monoisotopic (exact) mass is 545 g/mol. The molecule has 0 aliphatic heterocycles. The van der Waals surface area contributed by atoms with E-state index in [4.69, 9.17) is 44.0 Å². The molecule has 182 valence electrons. The van der Waals surface area contributed by atoms with Gasteiger partial charge in [0.15, 0.2) is 11.4 Å². The topological polar surface area (TPSA) is 111 Å². The lowest BCUT2D eigenvalue weighted by Gasteiger charge is -2.27. The maximum Gasteiger partial charge on any atom is 0.309 e. The maximum absolute atomic E-state index is 12.4. The van der Waals surface area contributed by atoms with Crippen molar-refractivity contribution in [2.24, 2.45) is 0 Å². The van der Waals surface area contributed by atoms with Gasteiger partial charge in [-0.15, -0.1) is 11.6 Å². The second kappa shape index (κ2) is 10.4. The molecular weight excluding hydrogens is 525 g/mol. The number of rotatable bonds is 9. The highest BCUT2D eigenvalue weighted by atomic mass is 35.5. The molecule has 3 aromatic rings. The number of anilines is 2. The number of hydrogen-bond donors (Lipinski definition) is 2. The molecule has 1 aromatic heterocycles. The zero-order valence-electron chi connectivity index (χ0n) is 18.5. The van der Waals surface area contributed by atoms with E-state index in [0.29, 0.717) is 34.0 Å². The Balaban J connectivity index is 1.75. The van der Waals surface area contributed by atoms with Crippen molar-refractivity contribution in [1.82, 2.24) is 4.98 Å². The van der Waals surface area contributed by atoms with Crippen molar-refractivity contribution >= 4 is 62.4 Å². The molecule has 0 saturated carbocycles. The first-order valence-electron chi connectivity index (χ1n) is 9.94. The Morgan fingerprint density at radius 2 is 1.74 bits per heavy atom. The minimum Gasteiger partial charge on any atom is -0.489 e. The summed E-state index contributed by atoms with van der Waals surface area (Å²) in [6.45, 7) is 4.34. The molecule has 0 bridgehead atoms. The van der Waals surface area contributed by atoms with Crippen molar-refractivity contribution in [3.05, 3.63) is 69.5 Å². The van der Waals surface area contributed by atoms with Crippen molar-refractivity contribution in [3.63, 3.8) is 0 Å². The molecule has 0 unspecified atom stereocenters. The van der Waals surface area contributed by atoms with Crippen LogP contribution in [0.2, 0.25) is 10.0 Å². The van der Waals surface area contributed by atoms with E-state index in [2.05, 4.69) is 15.0 Å². The summed E-state index contributed by atoms with van der Waals surface area (Å²) in [5.74, 6) is 0.158. The molecule has 2 aromatic carbocycles. The van der Waals surface area contributed by atoms with E-state index in [9.17, 15) is 13.2 Å². The minimum atomic E-state index is -3.57. The van der Waals surface area contributed by atoms with Crippen molar-refractivity contribution in [1.29, 1.82) is 0 Å². The molecule has 2 N–H and O–H groups in total. The fourth-order valence-electron chi connectivity index (χ4n) is 3.11. The van der Waals surface area contributed by atoms with Gasteiger partial charge in [-0.25, -0.2) is 13.1 Å². The number of oxazole rings is 1. The van der Waals surface area contributed by atoms with Gasteiger partial charge in [0.05, 0.1) is 22.2 Å². The summed E-state index contributed by atoms with van der Waals surface area (Å²) in [7, 11) is -3.57. The predicted octanol–water partition coefficient (Wildman–Crippen LogP) is 5.55. The molecule has 1 heterocycles. The number of halogens is 3. The predicted molar refractivity (Wildman–Crippen MR) is 134 cm³/mol. The van der Waals surface area contributed by atoms with Crippen LogP contribution in [0.4, 0.5) is 11.7 Å². The van der Waals surface area contributed by atoms with Gasteiger partial charge < -0.3 is 14.5 Å². The van der Waals surface area contributed by atoms with Crippen LogP contribution in [0.1, 0.15) is 35.5 Å².